The van der Waals surface area contributed by atoms with E-state index < -0.39 is 21.9 Å². The van der Waals surface area contributed by atoms with Crippen LogP contribution in [0.1, 0.15) is 54.3 Å². The van der Waals surface area contributed by atoms with Crippen LogP contribution in [0.25, 0.3) is 0 Å². The molecule has 0 spiro atoms. The molecule has 0 aliphatic carbocycles. The lowest BCUT2D eigenvalue weighted by Crippen LogP contribution is -2.48. The lowest BCUT2D eigenvalue weighted by molar-refractivity contribution is -0.0440. The SMILES string of the molecule is CCCCOC(=O)c1ccc(NC(=O)c2cccc(S(=O)(=O)N3CC(C)OC(C)C3)c2)cc1. The second-order valence-electron chi connectivity index (χ2n) is 8.13. The fourth-order valence-corrected chi connectivity index (χ4v) is 5.20. The molecule has 1 N–H and O–H groups in total. The van der Waals surface area contributed by atoms with Gasteiger partial charge in [-0.1, -0.05) is 19.4 Å². The van der Waals surface area contributed by atoms with Gasteiger partial charge in [0.05, 0.1) is 29.3 Å². The molecule has 2 unspecified atom stereocenters. The molecule has 0 bridgehead atoms. The minimum Gasteiger partial charge on any atom is -0.462 e. The first-order valence-corrected chi connectivity index (χ1v) is 12.5. The topological polar surface area (TPSA) is 102 Å². The lowest BCUT2D eigenvalue weighted by Gasteiger charge is -2.34. The molecule has 1 aliphatic heterocycles. The van der Waals surface area contributed by atoms with E-state index in [1.807, 2.05) is 20.8 Å². The monoisotopic (exact) mass is 474 g/mol. The third kappa shape index (κ3) is 6.40. The fourth-order valence-electron chi connectivity index (χ4n) is 3.56. The second-order valence-corrected chi connectivity index (χ2v) is 10.1. The molecule has 0 radical (unpaired) electrons. The van der Waals surface area contributed by atoms with Gasteiger partial charge in [-0.05, 0) is 62.7 Å². The number of rotatable bonds is 8. The summed E-state index contributed by atoms with van der Waals surface area (Å²) < 4.78 is 38.4. The fraction of sp³-hybridized carbons (Fsp3) is 0.417. The largest absolute Gasteiger partial charge is 0.462 e. The Bertz CT molecular complexity index is 1070. The highest BCUT2D eigenvalue weighted by molar-refractivity contribution is 7.89. The number of sulfonamides is 1. The number of hydrogen-bond donors (Lipinski definition) is 1. The van der Waals surface area contributed by atoms with Crippen LogP contribution in [0.4, 0.5) is 5.69 Å². The molecule has 9 heteroatoms. The Hall–Kier alpha value is -2.75. The van der Waals surface area contributed by atoms with E-state index in [4.69, 9.17) is 9.47 Å². The number of hydrogen-bond acceptors (Lipinski definition) is 6. The van der Waals surface area contributed by atoms with Crippen molar-refractivity contribution < 1.29 is 27.5 Å². The van der Waals surface area contributed by atoms with Crippen LogP contribution in [0.5, 0.6) is 0 Å². The maximum absolute atomic E-state index is 13.1. The van der Waals surface area contributed by atoms with Crippen molar-refractivity contribution in [1.82, 2.24) is 4.31 Å². The van der Waals surface area contributed by atoms with E-state index in [2.05, 4.69) is 5.32 Å². The van der Waals surface area contributed by atoms with Gasteiger partial charge in [-0.25, -0.2) is 13.2 Å². The van der Waals surface area contributed by atoms with Gasteiger partial charge in [-0.2, -0.15) is 4.31 Å². The van der Waals surface area contributed by atoms with Crippen molar-refractivity contribution in [2.45, 2.75) is 50.7 Å². The van der Waals surface area contributed by atoms with Crippen molar-refractivity contribution in [3.63, 3.8) is 0 Å². The molecule has 1 heterocycles. The summed E-state index contributed by atoms with van der Waals surface area (Å²) in [6, 6.07) is 12.3. The van der Waals surface area contributed by atoms with Crippen molar-refractivity contribution in [2.75, 3.05) is 25.0 Å². The van der Waals surface area contributed by atoms with E-state index in [1.165, 1.54) is 16.4 Å². The van der Waals surface area contributed by atoms with E-state index >= 15 is 0 Å². The highest BCUT2D eigenvalue weighted by Crippen LogP contribution is 2.22. The molecule has 178 valence electrons. The molecule has 0 saturated carbocycles. The molecule has 0 aromatic heterocycles. The highest BCUT2D eigenvalue weighted by atomic mass is 32.2. The summed E-state index contributed by atoms with van der Waals surface area (Å²) in [5, 5.41) is 2.73. The number of anilines is 1. The first kappa shape index (κ1) is 24.9. The standard InChI is InChI=1S/C24H30N2O6S/c1-4-5-13-31-24(28)19-9-11-21(12-10-19)25-23(27)20-7-6-8-22(14-20)33(29,30)26-15-17(2)32-18(3)16-26/h6-12,14,17-18H,4-5,13,15-16H2,1-3H3,(H,25,27). The van der Waals surface area contributed by atoms with Gasteiger partial charge in [0.25, 0.3) is 5.91 Å². The van der Waals surface area contributed by atoms with Gasteiger partial charge in [-0.3, -0.25) is 4.79 Å². The summed E-state index contributed by atoms with van der Waals surface area (Å²) in [5.41, 5.74) is 1.09. The second kappa shape index (κ2) is 10.9. The minimum atomic E-state index is -3.76. The van der Waals surface area contributed by atoms with E-state index in [9.17, 15) is 18.0 Å². The zero-order chi connectivity index (χ0) is 24.0. The molecule has 3 rings (SSSR count). The number of nitrogens with one attached hydrogen (secondary N) is 1. The average molecular weight is 475 g/mol. The Balaban J connectivity index is 1.69. The minimum absolute atomic E-state index is 0.0571. The molecule has 33 heavy (non-hydrogen) atoms. The van der Waals surface area contributed by atoms with Crippen LogP contribution in [0.2, 0.25) is 0 Å². The number of ether oxygens (including phenoxy) is 2. The lowest BCUT2D eigenvalue weighted by atomic mass is 10.2. The number of amides is 1. The molecule has 8 nitrogen and oxygen atoms in total. The van der Waals surface area contributed by atoms with Crippen molar-refractivity contribution in [3.05, 3.63) is 59.7 Å². The molecular weight excluding hydrogens is 444 g/mol. The van der Waals surface area contributed by atoms with Crippen LogP contribution < -0.4 is 5.32 Å². The number of unbranched alkanes of at least 4 members (excludes halogenated alkanes) is 1. The quantitative estimate of drug-likeness (QED) is 0.462. The van der Waals surface area contributed by atoms with E-state index in [-0.39, 0.29) is 35.8 Å². The van der Waals surface area contributed by atoms with Crippen molar-refractivity contribution in [2.24, 2.45) is 0 Å². The molecule has 1 aliphatic rings. The number of morpholine rings is 1. The summed E-state index contributed by atoms with van der Waals surface area (Å²) in [5.74, 6) is -0.861. The summed E-state index contributed by atoms with van der Waals surface area (Å²) in [4.78, 5) is 24.8. The molecule has 2 aromatic carbocycles. The predicted octanol–water partition coefficient (Wildman–Crippen LogP) is 3.69. The van der Waals surface area contributed by atoms with Gasteiger partial charge < -0.3 is 14.8 Å². The summed E-state index contributed by atoms with van der Waals surface area (Å²) in [6.45, 7) is 6.57. The number of benzene rings is 2. The number of esters is 1. The van der Waals surface area contributed by atoms with Gasteiger partial charge in [-0.15, -0.1) is 0 Å². The Morgan fingerprint density at radius 1 is 1.06 bits per heavy atom. The maximum atomic E-state index is 13.1. The maximum Gasteiger partial charge on any atom is 0.338 e. The number of nitrogens with zero attached hydrogens (tertiary/aromatic N) is 1. The number of carbonyl (C=O) groups is 2. The third-order valence-electron chi connectivity index (χ3n) is 5.23. The predicted molar refractivity (Wildman–Crippen MR) is 125 cm³/mol. The molecule has 1 fully saturated rings. The Labute approximate surface area is 194 Å². The number of carbonyl (C=O) groups excluding carboxylic acids is 2. The van der Waals surface area contributed by atoms with Gasteiger partial charge in [0.1, 0.15) is 0 Å². The normalized spacial score (nSPS) is 19.1. The van der Waals surface area contributed by atoms with Crippen LogP contribution in [-0.4, -0.2) is 56.5 Å². The van der Waals surface area contributed by atoms with Gasteiger partial charge >= 0.3 is 5.97 Å². The first-order chi connectivity index (χ1) is 15.7. The summed E-state index contributed by atoms with van der Waals surface area (Å²) in [7, 11) is -3.76. The van der Waals surface area contributed by atoms with Crippen molar-refractivity contribution in [1.29, 1.82) is 0 Å². The zero-order valence-electron chi connectivity index (χ0n) is 19.1. The van der Waals surface area contributed by atoms with Crippen LogP contribution in [0.3, 0.4) is 0 Å². The van der Waals surface area contributed by atoms with Crippen molar-refractivity contribution in [3.8, 4) is 0 Å². The Kier molecular flexibility index (Phi) is 8.23. The molecule has 2 atom stereocenters. The van der Waals surface area contributed by atoms with Gasteiger partial charge in [0, 0.05) is 24.3 Å². The Morgan fingerprint density at radius 2 is 1.73 bits per heavy atom. The molecule has 1 saturated heterocycles. The highest BCUT2D eigenvalue weighted by Gasteiger charge is 2.32. The molecular formula is C24H30N2O6S. The smallest absolute Gasteiger partial charge is 0.338 e. The van der Waals surface area contributed by atoms with E-state index in [0.717, 1.165) is 12.8 Å². The summed E-state index contributed by atoms with van der Waals surface area (Å²) in [6.07, 6.45) is 1.33. The van der Waals surface area contributed by atoms with Gasteiger partial charge in [0.15, 0.2) is 0 Å². The van der Waals surface area contributed by atoms with E-state index in [1.54, 1.807) is 36.4 Å². The third-order valence-corrected chi connectivity index (χ3v) is 7.06. The Morgan fingerprint density at radius 3 is 2.36 bits per heavy atom. The average Bonchev–Trinajstić information content (AvgIpc) is 2.79. The van der Waals surface area contributed by atoms with Crippen LogP contribution in [0, 0.1) is 0 Å². The first-order valence-electron chi connectivity index (χ1n) is 11.0. The summed E-state index contributed by atoms with van der Waals surface area (Å²) >= 11 is 0. The van der Waals surface area contributed by atoms with E-state index in [0.29, 0.717) is 17.9 Å². The van der Waals surface area contributed by atoms with Crippen LogP contribution in [0.15, 0.2) is 53.4 Å². The van der Waals surface area contributed by atoms with Crippen LogP contribution in [-0.2, 0) is 19.5 Å². The molecule has 1 amide bonds. The van der Waals surface area contributed by atoms with Gasteiger partial charge in [0.2, 0.25) is 10.0 Å². The van der Waals surface area contributed by atoms with Crippen LogP contribution >= 0.6 is 0 Å². The van der Waals surface area contributed by atoms with Crippen molar-refractivity contribution >= 4 is 27.6 Å². The zero-order valence-corrected chi connectivity index (χ0v) is 19.9. The molecule has 2 aromatic rings.